The van der Waals surface area contributed by atoms with E-state index in [2.05, 4.69) is 27.1 Å². The van der Waals surface area contributed by atoms with E-state index in [1.54, 1.807) is 24.1 Å². The van der Waals surface area contributed by atoms with Crippen LogP contribution in [0, 0.1) is 17.3 Å². The van der Waals surface area contributed by atoms with Gasteiger partial charge in [-0.05, 0) is 24.6 Å². The summed E-state index contributed by atoms with van der Waals surface area (Å²) in [4.78, 5) is 25.8. The average molecular weight is 490 g/mol. The number of thiazole rings is 1. The molecule has 0 amide bonds. The summed E-state index contributed by atoms with van der Waals surface area (Å²) in [5.74, 6) is -0.266. The number of amidine groups is 1. The summed E-state index contributed by atoms with van der Waals surface area (Å²) in [5.41, 5.74) is 1.64. The monoisotopic (exact) mass is 489 g/mol. The predicted octanol–water partition coefficient (Wildman–Crippen LogP) is 3.46. The molecule has 154 valence electrons. The fourth-order valence-electron chi connectivity index (χ4n) is 3.56. The fraction of sp³-hybridized carbons (Fsp3) is 0.300. The molecule has 0 radical (unpaired) electrons. The zero-order valence-electron chi connectivity index (χ0n) is 16.0. The van der Waals surface area contributed by atoms with Crippen molar-refractivity contribution in [2.45, 2.75) is 13.0 Å². The Labute approximate surface area is 185 Å². The first kappa shape index (κ1) is 20.5. The number of carbonyl (C=O) groups is 1. The van der Waals surface area contributed by atoms with Crippen LogP contribution in [0.3, 0.4) is 0 Å². The van der Waals surface area contributed by atoms with E-state index in [1.807, 2.05) is 10.3 Å². The van der Waals surface area contributed by atoms with Gasteiger partial charge in [0, 0.05) is 29.1 Å². The lowest BCUT2D eigenvalue weighted by Gasteiger charge is -2.41. The molecule has 4 rings (SSSR count). The summed E-state index contributed by atoms with van der Waals surface area (Å²) >= 11 is 4.85. The van der Waals surface area contributed by atoms with Crippen LogP contribution >= 0.6 is 27.3 Å². The number of piperazine rings is 1. The molecule has 0 saturated carbocycles. The Morgan fingerprint density at radius 3 is 2.97 bits per heavy atom. The van der Waals surface area contributed by atoms with E-state index in [0.717, 1.165) is 0 Å². The van der Waals surface area contributed by atoms with Crippen molar-refractivity contribution in [3.63, 3.8) is 0 Å². The standard InChI is InChI=1S/C20H17BrFN5O2S/c1-2-29-20(28)16-15-10-26(11-23)6-7-27(15)18(19-24-5-8-30-19)25-17(16)13-4-3-12(22)9-14(13)21/h3-5,8-9,17H,2,6-7,10H2,1H3/t17-/m0/s1. The van der Waals surface area contributed by atoms with Crippen LogP contribution in [0.5, 0.6) is 0 Å². The number of esters is 1. The van der Waals surface area contributed by atoms with Crippen LogP contribution in [0.4, 0.5) is 4.39 Å². The predicted molar refractivity (Wildman–Crippen MR) is 113 cm³/mol. The quantitative estimate of drug-likeness (QED) is 0.483. The lowest BCUT2D eigenvalue weighted by Crippen LogP contribution is -2.49. The third-order valence-electron chi connectivity index (χ3n) is 4.87. The van der Waals surface area contributed by atoms with Gasteiger partial charge in [0.15, 0.2) is 17.0 Å². The number of fused-ring (bicyclic) bond motifs is 1. The molecule has 1 aromatic heterocycles. The second-order valence-corrected chi connectivity index (χ2v) is 8.36. The molecule has 2 aliphatic rings. The van der Waals surface area contributed by atoms with Crippen LogP contribution in [-0.4, -0.2) is 52.8 Å². The van der Waals surface area contributed by atoms with Crippen molar-refractivity contribution >= 4 is 39.1 Å². The molecule has 0 N–H and O–H groups in total. The minimum atomic E-state index is -0.720. The van der Waals surface area contributed by atoms with Crippen molar-refractivity contribution in [3.8, 4) is 6.19 Å². The van der Waals surface area contributed by atoms with Gasteiger partial charge in [0.2, 0.25) is 0 Å². The molecule has 7 nitrogen and oxygen atoms in total. The maximum atomic E-state index is 13.7. The van der Waals surface area contributed by atoms with Crippen molar-refractivity contribution < 1.29 is 13.9 Å². The Balaban J connectivity index is 1.93. The Hall–Kier alpha value is -2.77. The maximum absolute atomic E-state index is 13.7. The van der Waals surface area contributed by atoms with Gasteiger partial charge in [-0.15, -0.1) is 11.3 Å². The van der Waals surface area contributed by atoms with Crippen LogP contribution in [-0.2, 0) is 9.53 Å². The number of nitriles is 1. The first-order valence-electron chi connectivity index (χ1n) is 9.28. The number of aliphatic imine (C=N–C) groups is 1. The van der Waals surface area contributed by atoms with E-state index in [-0.39, 0.29) is 13.2 Å². The van der Waals surface area contributed by atoms with Crippen LogP contribution < -0.4 is 0 Å². The SMILES string of the molecule is CCOC(=O)C1=C2CN(C#N)CCN2C(c2nccs2)=N[C@H]1c1ccc(F)cc1Br. The second kappa shape index (κ2) is 8.53. The summed E-state index contributed by atoms with van der Waals surface area (Å²) in [6.45, 7) is 3.19. The molecule has 0 unspecified atom stereocenters. The molecule has 0 bridgehead atoms. The largest absolute Gasteiger partial charge is 0.463 e. The summed E-state index contributed by atoms with van der Waals surface area (Å²) in [6, 6.07) is 3.56. The number of nitrogens with zero attached hydrogens (tertiary/aromatic N) is 5. The first-order chi connectivity index (χ1) is 14.5. The van der Waals surface area contributed by atoms with Gasteiger partial charge in [-0.3, -0.25) is 4.99 Å². The third kappa shape index (κ3) is 3.70. The number of halogens is 2. The van der Waals surface area contributed by atoms with E-state index in [4.69, 9.17) is 9.73 Å². The van der Waals surface area contributed by atoms with Crippen molar-refractivity contribution in [2.24, 2.45) is 4.99 Å². The van der Waals surface area contributed by atoms with Gasteiger partial charge in [-0.25, -0.2) is 14.2 Å². The number of hydrogen-bond donors (Lipinski definition) is 0. The molecule has 1 saturated heterocycles. The van der Waals surface area contributed by atoms with Crippen LogP contribution in [0.2, 0.25) is 0 Å². The molecular weight excluding hydrogens is 473 g/mol. The normalized spacial score (nSPS) is 18.6. The molecule has 2 aliphatic heterocycles. The average Bonchev–Trinajstić information content (AvgIpc) is 3.27. The Bertz CT molecular complexity index is 1080. The Morgan fingerprint density at radius 2 is 2.30 bits per heavy atom. The molecule has 1 atom stereocenters. The lowest BCUT2D eigenvalue weighted by molar-refractivity contribution is -0.139. The highest BCUT2D eigenvalue weighted by Crippen LogP contribution is 2.40. The summed E-state index contributed by atoms with van der Waals surface area (Å²) in [6.07, 6.45) is 3.86. The number of hydrogen-bond acceptors (Lipinski definition) is 8. The molecule has 30 heavy (non-hydrogen) atoms. The highest BCUT2D eigenvalue weighted by molar-refractivity contribution is 9.10. The van der Waals surface area contributed by atoms with Gasteiger partial charge in [0.25, 0.3) is 0 Å². The first-order valence-corrected chi connectivity index (χ1v) is 11.0. The summed E-state index contributed by atoms with van der Waals surface area (Å²) in [7, 11) is 0. The number of carbonyl (C=O) groups excluding carboxylic acids is 1. The highest BCUT2D eigenvalue weighted by Gasteiger charge is 2.40. The van der Waals surface area contributed by atoms with E-state index in [0.29, 0.717) is 45.2 Å². The maximum Gasteiger partial charge on any atom is 0.338 e. The van der Waals surface area contributed by atoms with Crippen molar-refractivity contribution in [3.05, 3.63) is 61.9 Å². The molecule has 1 fully saturated rings. The molecule has 0 aliphatic carbocycles. The number of aromatic nitrogens is 1. The van der Waals surface area contributed by atoms with Gasteiger partial charge in [0.1, 0.15) is 11.9 Å². The number of benzene rings is 1. The van der Waals surface area contributed by atoms with Gasteiger partial charge in [0.05, 0.1) is 24.4 Å². The van der Waals surface area contributed by atoms with Crippen molar-refractivity contribution in [2.75, 3.05) is 26.2 Å². The topological polar surface area (TPSA) is 81.8 Å². The van der Waals surface area contributed by atoms with E-state index < -0.39 is 17.8 Å². The van der Waals surface area contributed by atoms with Gasteiger partial charge in [-0.2, -0.15) is 5.26 Å². The summed E-state index contributed by atoms with van der Waals surface area (Å²) in [5, 5.41) is 12.0. The molecule has 10 heteroatoms. The fourth-order valence-corrected chi connectivity index (χ4v) is 4.76. The van der Waals surface area contributed by atoms with Crippen LogP contribution in [0.25, 0.3) is 0 Å². The van der Waals surface area contributed by atoms with Crippen molar-refractivity contribution in [1.82, 2.24) is 14.8 Å². The summed E-state index contributed by atoms with van der Waals surface area (Å²) < 4.78 is 19.6. The minimum Gasteiger partial charge on any atom is -0.463 e. The highest BCUT2D eigenvalue weighted by atomic mass is 79.9. The lowest BCUT2D eigenvalue weighted by atomic mass is 9.93. The minimum absolute atomic E-state index is 0.206. The second-order valence-electron chi connectivity index (χ2n) is 6.61. The van der Waals surface area contributed by atoms with Gasteiger partial charge >= 0.3 is 5.97 Å². The van der Waals surface area contributed by atoms with Crippen molar-refractivity contribution in [1.29, 1.82) is 5.26 Å². The van der Waals surface area contributed by atoms with E-state index >= 15 is 0 Å². The molecular formula is C20H17BrFN5O2S. The number of rotatable bonds is 4. The van der Waals surface area contributed by atoms with Gasteiger partial charge < -0.3 is 14.5 Å². The smallest absolute Gasteiger partial charge is 0.338 e. The Kier molecular flexibility index (Phi) is 5.83. The molecule has 3 heterocycles. The number of ether oxygens (including phenoxy) is 1. The van der Waals surface area contributed by atoms with E-state index in [1.165, 1.54) is 23.5 Å². The zero-order chi connectivity index (χ0) is 21.3. The molecule has 1 aromatic carbocycles. The third-order valence-corrected chi connectivity index (χ3v) is 6.32. The zero-order valence-corrected chi connectivity index (χ0v) is 18.4. The molecule has 2 aromatic rings. The molecule has 0 spiro atoms. The van der Waals surface area contributed by atoms with Crippen LogP contribution in [0.1, 0.15) is 23.5 Å². The van der Waals surface area contributed by atoms with E-state index in [9.17, 15) is 14.4 Å². The Morgan fingerprint density at radius 1 is 1.47 bits per heavy atom. The van der Waals surface area contributed by atoms with Crippen LogP contribution in [0.15, 0.2) is 50.5 Å². The van der Waals surface area contributed by atoms with Gasteiger partial charge in [-0.1, -0.05) is 22.0 Å².